The Kier molecular flexibility index (Phi) is 5.24. The van der Waals surface area contributed by atoms with E-state index in [2.05, 4.69) is 5.32 Å². The second-order valence-corrected chi connectivity index (χ2v) is 5.08. The molecule has 0 heterocycles. The van der Waals surface area contributed by atoms with Gasteiger partial charge in [-0.15, -0.1) is 0 Å². The Hall–Kier alpha value is -2.53. The number of hydrogen-bond acceptors (Lipinski definition) is 4. The van der Waals surface area contributed by atoms with Crippen molar-refractivity contribution in [2.45, 2.75) is 18.9 Å². The van der Waals surface area contributed by atoms with E-state index in [-0.39, 0.29) is 0 Å². The van der Waals surface area contributed by atoms with E-state index >= 15 is 0 Å². The third kappa shape index (κ3) is 3.46. The summed E-state index contributed by atoms with van der Waals surface area (Å²) in [6.07, 6.45) is -0.0588. The molecule has 122 valence electrons. The summed E-state index contributed by atoms with van der Waals surface area (Å²) in [6.45, 7) is 1.90. The fourth-order valence-corrected chi connectivity index (χ4v) is 2.49. The molecule has 2 rings (SSSR count). The Morgan fingerprint density at radius 1 is 1.17 bits per heavy atom. The molecule has 0 radical (unpaired) electrons. The van der Waals surface area contributed by atoms with E-state index < -0.39 is 11.7 Å². The van der Waals surface area contributed by atoms with Gasteiger partial charge in [0, 0.05) is 12.6 Å². The maximum Gasteiger partial charge on any atom is 0.412 e. The molecule has 0 spiro atoms. The van der Waals surface area contributed by atoms with E-state index in [0.717, 1.165) is 0 Å². The van der Waals surface area contributed by atoms with Crippen LogP contribution in [-0.4, -0.2) is 25.4 Å². The molecule has 5 nitrogen and oxygen atoms in total. The number of benzene rings is 2. The lowest BCUT2D eigenvalue weighted by Crippen LogP contribution is -2.27. The van der Waals surface area contributed by atoms with Crippen LogP contribution in [0.15, 0.2) is 48.5 Å². The number of hydrogen-bond donors (Lipinski definition) is 2. The normalized spacial score (nSPS) is 13.0. The summed E-state index contributed by atoms with van der Waals surface area (Å²) in [4.78, 5) is 11.2. The number of ether oxygens (including phenoxy) is 2. The largest absolute Gasteiger partial charge is 0.496 e. The van der Waals surface area contributed by atoms with Crippen LogP contribution in [0.25, 0.3) is 0 Å². The molecule has 2 N–H and O–H groups in total. The van der Waals surface area contributed by atoms with Crippen molar-refractivity contribution in [3.63, 3.8) is 0 Å². The number of rotatable bonds is 5. The molecular weight excluding hydrogens is 294 g/mol. The zero-order chi connectivity index (χ0) is 16.9. The highest BCUT2D eigenvalue weighted by molar-refractivity contribution is 5.69. The lowest BCUT2D eigenvalue weighted by molar-refractivity contribution is 0.0736. The zero-order valence-electron chi connectivity index (χ0n) is 13.5. The highest BCUT2D eigenvalue weighted by Crippen LogP contribution is 2.38. The lowest BCUT2D eigenvalue weighted by Gasteiger charge is -2.29. The van der Waals surface area contributed by atoms with Crippen molar-refractivity contribution in [2.75, 3.05) is 14.2 Å². The average Bonchev–Trinajstić information content (AvgIpc) is 2.61. The van der Waals surface area contributed by atoms with Gasteiger partial charge in [0.25, 0.3) is 0 Å². The van der Waals surface area contributed by atoms with Gasteiger partial charge in [-0.3, -0.25) is 0 Å². The topological polar surface area (TPSA) is 67.8 Å². The minimum atomic E-state index is -1.18. The van der Waals surface area contributed by atoms with E-state index in [1.54, 1.807) is 31.4 Å². The van der Waals surface area contributed by atoms with Gasteiger partial charge in [-0.05, 0) is 30.2 Å². The number of carbonyl (C=O) groups excluding carboxylic acids is 1. The summed E-state index contributed by atoms with van der Waals surface area (Å²) in [5.74, 6) is 1.04. The molecule has 0 saturated carbocycles. The third-order valence-electron chi connectivity index (χ3n) is 3.81. The highest BCUT2D eigenvalue weighted by atomic mass is 16.5. The van der Waals surface area contributed by atoms with Crippen molar-refractivity contribution in [1.29, 1.82) is 0 Å². The predicted molar refractivity (Wildman–Crippen MR) is 87.8 cm³/mol. The molecule has 5 heteroatoms. The SMILES string of the molecule is CCC(O)(c1ccc(OC(=O)NC)cc1)c1ccccc1OC. The predicted octanol–water partition coefficient (Wildman–Crippen LogP) is 3.06. The van der Waals surface area contributed by atoms with Crippen LogP contribution in [0.4, 0.5) is 4.79 Å². The van der Waals surface area contributed by atoms with E-state index in [1.807, 2.05) is 31.2 Å². The summed E-state index contributed by atoms with van der Waals surface area (Å²) in [7, 11) is 3.07. The maximum absolute atomic E-state index is 11.2. The smallest absolute Gasteiger partial charge is 0.412 e. The van der Waals surface area contributed by atoms with Gasteiger partial charge in [0.2, 0.25) is 0 Å². The highest BCUT2D eigenvalue weighted by Gasteiger charge is 2.32. The van der Waals surface area contributed by atoms with Crippen LogP contribution in [0.1, 0.15) is 24.5 Å². The number of para-hydroxylation sites is 1. The van der Waals surface area contributed by atoms with Crippen molar-refractivity contribution in [2.24, 2.45) is 0 Å². The first-order chi connectivity index (χ1) is 11.0. The van der Waals surface area contributed by atoms with E-state index in [4.69, 9.17) is 9.47 Å². The van der Waals surface area contributed by atoms with Gasteiger partial charge >= 0.3 is 6.09 Å². The van der Waals surface area contributed by atoms with Crippen LogP contribution in [0.5, 0.6) is 11.5 Å². The van der Waals surface area contributed by atoms with E-state index in [9.17, 15) is 9.90 Å². The molecule has 0 aliphatic carbocycles. The van der Waals surface area contributed by atoms with Crippen LogP contribution in [0, 0.1) is 0 Å². The summed E-state index contributed by atoms with van der Waals surface area (Å²) in [6, 6.07) is 14.2. The quantitative estimate of drug-likeness (QED) is 0.890. The Morgan fingerprint density at radius 2 is 1.83 bits per heavy atom. The van der Waals surface area contributed by atoms with Crippen LogP contribution in [-0.2, 0) is 5.60 Å². The first-order valence-electron chi connectivity index (χ1n) is 7.41. The Balaban J connectivity index is 2.38. The number of carbonyl (C=O) groups is 1. The molecule has 1 unspecified atom stereocenters. The second kappa shape index (κ2) is 7.15. The first-order valence-corrected chi connectivity index (χ1v) is 7.41. The standard InChI is InChI=1S/C18H21NO4/c1-4-18(21,15-7-5-6-8-16(15)22-3)13-9-11-14(12-10-13)23-17(20)19-2/h5-12,21H,4H2,1-3H3,(H,19,20). The Labute approximate surface area is 135 Å². The molecular formula is C18H21NO4. The zero-order valence-corrected chi connectivity index (χ0v) is 13.5. The Morgan fingerprint density at radius 3 is 2.39 bits per heavy atom. The molecule has 23 heavy (non-hydrogen) atoms. The van der Waals surface area contributed by atoms with E-state index in [0.29, 0.717) is 29.0 Å². The monoisotopic (exact) mass is 315 g/mol. The third-order valence-corrected chi connectivity index (χ3v) is 3.81. The van der Waals surface area contributed by atoms with Crippen LogP contribution in [0.2, 0.25) is 0 Å². The van der Waals surface area contributed by atoms with Crippen molar-refractivity contribution in [3.05, 3.63) is 59.7 Å². The summed E-state index contributed by atoms with van der Waals surface area (Å²) in [5.41, 5.74) is 0.219. The number of aliphatic hydroxyl groups is 1. The first kappa shape index (κ1) is 16.8. The minimum absolute atomic E-state index is 0.409. The lowest BCUT2D eigenvalue weighted by atomic mass is 9.83. The molecule has 0 aliphatic heterocycles. The summed E-state index contributed by atoms with van der Waals surface area (Å²) in [5, 5.41) is 13.6. The van der Waals surface area contributed by atoms with Gasteiger partial charge in [-0.25, -0.2) is 4.79 Å². The van der Waals surface area contributed by atoms with Gasteiger partial charge in [0.1, 0.15) is 17.1 Å². The maximum atomic E-state index is 11.2. The fourth-order valence-electron chi connectivity index (χ4n) is 2.49. The van der Waals surface area contributed by atoms with E-state index in [1.165, 1.54) is 7.05 Å². The van der Waals surface area contributed by atoms with Gasteiger partial charge in [0.15, 0.2) is 0 Å². The average molecular weight is 315 g/mol. The molecule has 2 aromatic carbocycles. The van der Waals surface area contributed by atoms with Gasteiger partial charge in [0.05, 0.1) is 7.11 Å². The van der Waals surface area contributed by atoms with Crippen molar-refractivity contribution in [1.82, 2.24) is 5.32 Å². The van der Waals surface area contributed by atoms with Gasteiger partial charge < -0.3 is 19.9 Å². The van der Waals surface area contributed by atoms with Crippen LogP contribution in [0.3, 0.4) is 0 Å². The van der Waals surface area contributed by atoms with Crippen molar-refractivity contribution < 1.29 is 19.4 Å². The fraction of sp³-hybridized carbons (Fsp3) is 0.278. The van der Waals surface area contributed by atoms with Crippen LogP contribution < -0.4 is 14.8 Å². The van der Waals surface area contributed by atoms with Gasteiger partial charge in [-0.2, -0.15) is 0 Å². The van der Waals surface area contributed by atoms with Crippen molar-refractivity contribution in [3.8, 4) is 11.5 Å². The molecule has 0 saturated heterocycles. The second-order valence-electron chi connectivity index (χ2n) is 5.08. The molecule has 0 bridgehead atoms. The summed E-state index contributed by atoms with van der Waals surface area (Å²) < 4.78 is 10.4. The Bertz CT molecular complexity index is 669. The molecule has 1 atom stereocenters. The minimum Gasteiger partial charge on any atom is -0.496 e. The molecule has 0 fully saturated rings. The number of amides is 1. The molecule has 0 aliphatic rings. The summed E-state index contributed by atoms with van der Waals surface area (Å²) >= 11 is 0. The van der Waals surface area contributed by atoms with Crippen LogP contribution >= 0.6 is 0 Å². The van der Waals surface area contributed by atoms with Gasteiger partial charge in [-0.1, -0.05) is 37.3 Å². The molecule has 0 aromatic heterocycles. The number of nitrogens with one attached hydrogen (secondary N) is 1. The molecule has 2 aromatic rings. The number of methoxy groups -OCH3 is 1. The molecule has 1 amide bonds. The van der Waals surface area contributed by atoms with Crippen molar-refractivity contribution >= 4 is 6.09 Å².